The summed E-state index contributed by atoms with van der Waals surface area (Å²) in [4.78, 5) is 21.1. The molecule has 2 N–H and O–H groups in total. The van der Waals surface area contributed by atoms with Crippen LogP contribution in [0.3, 0.4) is 0 Å². The molecule has 1 fully saturated rings. The Kier molecular flexibility index (Phi) is 6.82. The van der Waals surface area contributed by atoms with Crippen LogP contribution in [0.1, 0.15) is 18.4 Å². The first-order valence-corrected chi connectivity index (χ1v) is 11.9. The number of rotatable bonds is 7. The van der Waals surface area contributed by atoms with Gasteiger partial charge in [0.05, 0.1) is 5.52 Å². The first-order chi connectivity index (χ1) is 17.2. The molecule has 0 spiro atoms. The summed E-state index contributed by atoms with van der Waals surface area (Å²) < 4.78 is 5.47. The van der Waals surface area contributed by atoms with Gasteiger partial charge in [0.25, 0.3) is 0 Å². The van der Waals surface area contributed by atoms with Gasteiger partial charge < -0.3 is 15.4 Å². The summed E-state index contributed by atoms with van der Waals surface area (Å²) in [5, 5.41) is 7.10. The van der Waals surface area contributed by atoms with E-state index in [1.165, 1.54) is 11.6 Å². The number of carbonyl (C=O) groups is 1. The van der Waals surface area contributed by atoms with Crippen molar-refractivity contribution in [2.45, 2.75) is 19.3 Å². The second-order valence-corrected chi connectivity index (χ2v) is 8.79. The topological polar surface area (TPSA) is 76.1 Å². The average molecular weight is 465 g/mol. The summed E-state index contributed by atoms with van der Waals surface area (Å²) >= 11 is 0. The van der Waals surface area contributed by atoms with Crippen molar-refractivity contribution in [1.29, 1.82) is 0 Å². The fourth-order valence-corrected chi connectivity index (χ4v) is 4.44. The lowest BCUT2D eigenvalue weighted by atomic mass is 9.92. The highest BCUT2D eigenvalue weighted by atomic mass is 16.5. The van der Waals surface area contributed by atoms with Gasteiger partial charge in [-0.1, -0.05) is 49.0 Å². The summed E-state index contributed by atoms with van der Waals surface area (Å²) in [5.74, 6) is 0.999. The summed E-state index contributed by atoms with van der Waals surface area (Å²) in [7, 11) is 0. The Bertz CT molecular complexity index is 1340. The summed E-state index contributed by atoms with van der Waals surface area (Å²) in [5.41, 5.74) is 5.76. The van der Waals surface area contributed by atoms with Crippen molar-refractivity contribution in [3.05, 3.63) is 91.1 Å². The van der Waals surface area contributed by atoms with E-state index in [0.717, 1.165) is 60.2 Å². The molecule has 6 heteroatoms. The monoisotopic (exact) mass is 464 g/mol. The number of hydrogen-bond acceptors (Lipinski definition) is 5. The van der Waals surface area contributed by atoms with Crippen molar-refractivity contribution >= 4 is 34.1 Å². The number of hydrogen-bond donors (Lipinski definition) is 2. The standard InChI is InChI=1S/C29H28N4O2/c1-2-27(34)31-25-7-3-5-22(18-25)26-8-4-6-23-19-30-29(33-28(23)26)32-24-11-9-20(10-12-24)17-21-13-15-35-16-14-21/h2-12,18-19,21H,1,13-17H2,(H,31,34)(H,30,32,33). The third-order valence-corrected chi connectivity index (χ3v) is 6.31. The molecule has 1 aliphatic rings. The molecule has 0 bridgehead atoms. The van der Waals surface area contributed by atoms with E-state index >= 15 is 0 Å². The molecule has 0 saturated carbocycles. The van der Waals surface area contributed by atoms with Crippen LogP contribution in [0.2, 0.25) is 0 Å². The molecule has 176 valence electrons. The van der Waals surface area contributed by atoms with Gasteiger partial charge in [-0.15, -0.1) is 0 Å². The maximum atomic E-state index is 11.7. The normalized spacial score (nSPS) is 13.9. The Morgan fingerprint density at radius 3 is 2.63 bits per heavy atom. The van der Waals surface area contributed by atoms with Crippen LogP contribution in [0.15, 0.2) is 85.6 Å². The minimum Gasteiger partial charge on any atom is -0.381 e. The first kappa shape index (κ1) is 22.7. The fraction of sp³-hybridized carbons (Fsp3) is 0.207. The molecule has 0 radical (unpaired) electrons. The largest absolute Gasteiger partial charge is 0.381 e. The van der Waals surface area contributed by atoms with E-state index < -0.39 is 0 Å². The van der Waals surface area contributed by atoms with Crippen molar-refractivity contribution < 1.29 is 9.53 Å². The summed E-state index contributed by atoms with van der Waals surface area (Å²) in [6.45, 7) is 5.26. The predicted octanol–water partition coefficient (Wildman–Crippen LogP) is 6.13. The number of nitrogens with zero attached hydrogens (tertiary/aromatic N) is 2. The molecule has 1 aromatic heterocycles. The Balaban J connectivity index is 1.37. The van der Waals surface area contributed by atoms with Gasteiger partial charge in [0, 0.05) is 41.7 Å². The van der Waals surface area contributed by atoms with Crippen LogP contribution in [0, 0.1) is 5.92 Å². The van der Waals surface area contributed by atoms with Crippen LogP contribution in [0.5, 0.6) is 0 Å². The number of fused-ring (bicyclic) bond motifs is 1. The number of aromatic nitrogens is 2. The molecule has 1 amide bonds. The van der Waals surface area contributed by atoms with E-state index in [1.807, 2.05) is 48.7 Å². The predicted molar refractivity (Wildman–Crippen MR) is 141 cm³/mol. The van der Waals surface area contributed by atoms with Crippen molar-refractivity contribution in [3.63, 3.8) is 0 Å². The molecule has 0 atom stereocenters. The molecule has 2 heterocycles. The SMILES string of the molecule is C=CC(=O)Nc1cccc(-c2cccc3cnc(Nc4ccc(CC5CCOCC5)cc4)nc23)c1. The lowest BCUT2D eigenvalue weighted by Crippen LogP contribution is -2.17. The second kappa shape index (κ2) is 10.5. The van der Waals surface area contributed by atoms with Gasteiger partial charge >= 0.3 is 0 Å². The van der Waals surface area contributed by atoms with Crippen LogP contribution >= 0.6 is 0 Å². The van der Waals surface area contributed by atoms with E-state index in [4.69, 9.17) is 9.72 Å². The number of amides is 1. The lowest BCUT2D eigenvalue weighted by Gasteiger charge is -2.22. The lowest BCUT2D eigenvalue weighted by molar-refractivity contribution is -0.111. The number of para-hydroxylation sites is 1. The highest BCUT2D eigenvalue weighted by Crippen LogP contribution is 2.30. The number of benzene rings is 3. The third-order valence-electron chi connectivity index (χ3n) is 6.31. The highest BCUT2D eigenvalue weighted by Gasteiger charge is 2.14. The number of ether oxygens (including phenoxy) is 1. The van der Waals surface area contributed by atoms with Gasteiger partial charge in [0.15, 0.2) is 0 Å². The minimum absolute atomic E-state index is 0.243. The van der Waals surface area contributed by atoms with E-state index in [9.17, 15) is 4.79 Å². The molecule has 5 rings (SSSR count). The highest BCUT2D eigenvalue weighted by molar-refractivity contribution is 6.00. The molecule has 0 aliphatic carbocycles. The smallest absolute Gasteiger partial charge is 0.247 e. The quantitative estimate of drug-likeness (QED) is 0.322. The molecule has 0 unspecified atom stereocenters. The Labute approximate surface area is 205 Å². The zero-order valence-electron chi connectivity index (χ0n) is 19.5. The Morgan fingerprint density at radius 1 is 1.03 bits per heavy atom. The van der Waals surface area contributed by atoms with Gasteiger partial charge in [0.1, 0.15) is 0 Å². The maximum absolute atomic E-state index is 11.7. The van der Waals surface area contributed by atoms with Crippen molar-refractivity contribution in [1.82, 2.24) is 9.97 Å². The van der Waals surface area contributed by atoms with Gasteiger partial charge in [-0.25, -0.2) is 9.97 Å². The average Bonchev–Trinajstić information content (AvgIpc) is 2.90. The van der Waals surface area contributed by atoms with E-state index in [-0.39, 0.29) is 5.91 Å². The van der Waals surface area contributed by atoms with Crippen molar-refractivity contribution in [3.8, 4) is 11.1 Å². The maximum Gasteiger partial charge on any atom is 0.247 e. The Morgan fingerprint density at radius 2 is 1.83 bits per heavy atom. The van der Waals surface area contributed by atoms with Crippen LogP contribution in [0.25, 0.3) is 22.0 Å². The zero-order chi connectivity index (χ0) is 24.0. The second-order valence-electron chi connectivity index (χ2n) is 8.79. The minimum atomic E-state index is -0.243. The van der Waals surface area contributed by atoms with Gasteiger partial charge in [-0.2, -0.15) is 0 Å². The molecule has 1 aliphatic heterocycles. The summed E-state index contributed by atoms with van der Waals surface area (Å²) in [6.07, 6.45) is 6.45. The van der Waals surface area contributed by atoms with Crippen LogP contribution < -0.4 is 10.6 Å². The van der Waals surface area contributed by atoms with Gasteiger partial charge in [-0.3, -0.25) is 4.79 Å². The van der Waals surface area contributed by atoms with Crippen molar-refractivity contribution in [2.75, 3.05) is 23.8 Å². The Hall–Kier alpha value is -4.03. The molecule has 3 aromatic carbocycles. The number of anilines is 3. The van der Waals surface area contributed by atoms with Gasteiger partial charge in [-0.05, 0) is 66.6 Å². The van der Waals surface area contributed by atoms with E-state index in [0.29, 0.717) is 17.6 Å². The van der Waals surface area contributed by atoms with E-state index in [1.54, 1.807) is 0 Å². The molecular formula is C29H28N4O2. The van der Waals surface area contributed by atoms with Gasteiger partial charge in [0.2, 0.25) is 11.9 Å². The molecule has 4 aromatic rings. The van der Waals surface area contributed by atoms with Crippen LogP contribution in [-0.2, 0) is 16.0 Å². The van der Waals surface area contributed by atoms with Crippen molar-refractivity contribution in [2.24, 2.45) is 5.92 Å². The third kappa shape index (κ3) is 5.55. The molecule has 1 saturated heterocycles. The molecule has 6 nitrogen and oxygen atoms in total. The first-order valence-electron chi connectivity index (χ1n) is 11.9. The molecule has 35 heavy (non-hydrogen) atoms. The number of nitrogens with one attached hydrogen (secondary N) is 2. The summed E-state index contributed by atoms with van der Waals surface area (Å²) in [6, 6.07) is 22.2. The van der Waals surface area contributed by atoms with E-state index in [2.05, 4.69) is 46.5 Å². The number of carbonyl (C=O) groups excluding carboxylic acids is 1. The molecular weight excluding hydrogens is 436 g/mol. The fourth-order valence-electron chi connectivity index (χ4n) is 4.44. The van der Waals surface area contributed by atoms with Crippen LogP contribution in [-0.4, -0.2) is 29.1 Å². The van der Waals surface area contributed by atoms with Crippen LogP contribution in [0.4, 0.5) is 17.3 Å². The zero-order valence-corrected chi connectivity index (χ0v) is 19.5.